The molecule has 0 unspecified atom stereocenters. The number of ketones is 1. The molecule has 0 aliphatic carbocycles. The number of carbonyl (C=O) groups is 2. The van der Waals surface area contributed by atoms with E-state index in [1.165, 1.54) is 33.7 Å². The average molecular weight is 572 g/mol. The fraction of sp³-hybridized carbons (Fsp3) is 0.300. The standard InChI is InChI=1S/C26H25ClFNOS.C3H6O2.CO2/c27-24-11-8-20-13-15-29-16-14-23(20)26(24)31-17-19-1-6-21(7-2-19)25(30)12-5-18-3-9-22(28)10-4-18;1-2-3(4)5;2-1-3/h1-4,6-11,29H,5,12-17H2;2H2,1H3,(H,4,5);. The molecule has 0 amide bonds. The summed E-state index contributed by atoms with van der Waals surface area (Å²) in [6, 6.07) is 18.3. The number of thioether (sulfide) groups is 1. The average Bonchev–Trinajstić information content (AvgIpc) is 3.19. The van der Waals surface area contributed by atoms with Crippen LogP contribution >= 0.6 is 23.4 Å². The molecule has 3 aromatic carbocycles. The molecule has 39 heavy (non-hydrogen) atoms. The number of carboxylic acids is 1. The topological polar surface area (TPSA) is 101 Å². The maximum atomic E-state index is 13.0. The molecule has 206 valence electrons. The van der Waals surface area contributed by atoms with Crippen molar-refractivity contribution in [1.29, 1.82) is 0 Å². The number of hydrogen-bond donors (Lipinski definition) is 2. The molecule has 0 radical (unpaired) electrons. The van der Waals surface area contributed by atoms with E-state index in [2.05, 4.69) is 11.4 Å². The first-order valence-corrected chi connectivity index (χ1v) is 13.9. The number of Topliss-reactive ketones (excluding diaryl/α,β-unsaturated/α-hetero) is 1. The molecule has 6 nitrogen and oxygen atoms in total. The summed E-state index contributed by atoms with van der Waals surface area (Å²) in [7, 11) is 0. The van der Waals surface area contributed by atoms with Crippen molar-refractivity contribution in [2.75, 3.05) is 13.1 Å². The summed E-state index contributed by atoms with van der Waals surface area (Å²) in [5.41, 5.74) is 5.61. The zero-order chi connectivity index (χ0) is 28.6. The van der Waals surface area contributed by atoms with Gasteiger partial charge in [0.2, 0.25) is 0 Å². The molecule has 0 saturated carbocycles. The van der Waals surface area contributed by atoms with Crippen LogP contribution in [-0.4, -0.2) is 36.1 Å². The molecule has 1 aliphatic heterocycles. The Bertz CT molecular complexity index is 1260. The molecule has 2 N–H and O–H groups in total. The number of halogens is 2. The highest BCUT2D eigenvalue weighted by molar-refractivity contribution is 7.98. The smallest absolute Gasteiger partial charge is 0.373 e. The van der Waals surface area contributed by atoms with Crippen molar-refractivity contribution in [3.63, 3.8) is 0 Å². The Balaban J connectivity index is 0.000000590. The van der Waals surface area contributed by atoms with Crippen LogP contribution in [0.3, 0.4) is 0 Å². The van der Waals surface area contributed by atoms with Gasteiger partial charge < -0.3 is 10.4 Å². The first-order chi connectivity index (χ1) is 18.8. The number of aryl methyl sites for hydroxylation is 1. The minimum atomic E-state index is -0.745. The highest BCUT2D eigenvalue weighted by atomic mass is 35.5. The fourth-order valence-electron chi connectivity index (χ4n) is 3.86. The van der Waals surface area contributed by atoms with Gasteiger partial charge in [-0.25, -0.2) is 4.39 Å². The molecule has 1 aliphatic rings. The Morgan fingerprint density at radius 3 is 2.18 bits per heavy atom. The van der Waals surface area contributed by atoms with Gasteiger partial charge in [0.15, 0.2) is 5.78 Å². The zero-order valence-electron chi connectivity index (χ0n) is 21.7. The number of nitrogens with one attached hydrogen (secondary N) is 1. The molecule has 9 heteroatoms. The SMILES string of the molecule is CCC(=O)O.O=C(CCc1ccc(F)cc1)c1ccc(CSc2c(Cl)ccc3c2CCNCC3)cc1.O=C=O. The van der Waals surface area contributed by atoms with E-state index >= 15 is 0 Å². The van der Waals surface area contributed by atoms with E-state index in [4.69, 9.17) is 26.3 Å². The Morgan fingerprint density at radius 2 is 1.56 bits per heavy atom. The van der Waals surface area contributed by atoms with Gasteiger partial charge in [-0.15, -0.1) is 11.8 Å². The van der Waals surface area contributed by atoms with Gasteiger partial charge in [-0.2, -0.15) is 9.59 Å². The predicted molar refractivity (Wildman–Crippen MR) is 150 cm³/mol. The molecule has 1 heterocycles. The largest absolute Gasteiger partial charge is 0.481 e. The predicted octanol–water partition coefficient (Wildman–Crippen LogP) is 6.17. The number of benzene rings is 3. The summed E-state index contributed by atoms with van der Waals surface area (Å²) in [6.45, 7) is 3.59. The third-order valence-corrected chi connectivity index (χ3v) is 7.61. The highest BCUT2D eigenvalue weighted by Gasteiger charge is 2.15. The Hall–Kier alpha value is -3.29. The quantitative estimate of drug-likeness (QED) is 0.246. The van der Waals surface area contributed by atoms with Crippen LogP contribution < -0.4 is 5.32 Å². The fourth-order valence-corrected chi connectivity index (χ4v) is 5.32. The van der Waals surface area contributed by atoms with Gasteiger partial charge in [-0.05, 0) is 72.8 Å². The molecular weight excluding hydrogens is 541 g/mol. The third-order valence-electron chi connectivity index (χ3n) is 5.95. The number of aliphatic carboxylic acids is 1. The van der Waals surface area contributed by atoms with Crippen LogP contribution in [0.15, 0.2) is 65.6 Å². The van der Waals surface area contributed by atoms with Crippen molar-refractivity contribution in [2.45, 2.75) is 49.7 Å². The van der Waals surface area contributed by atoms with Crippen molar-refractivity contribution >= 4 is 41.3 Å². The summed E-state index contributed by atoms with van der Waals surface area (Å²) in [5.74, 6) is -0.0845. The molecule has 0 fully saturated rings. The normalized spacial score (nSPS) is 11.9. The van der Waals surface area contributed by atoms with Gasteiger partial charge in [0.25, 0.3) is 0 Å². The lowest BCUT2D eigenvalue weighted by molar-refractivity contribution is -0.191. The van der Waals surface area contributed by atoms with Gasteiger partial charge in [-0.3, -0.25) is 9.59 Å². The lowest BCUT2D eigenvalue weighted by atomic mass is 10.0. The van der Waals surface area contributed by atoms with E-state index < -0.39 is 5.97 Å². The maximum absolute atomic E-state index is 13.0. The highest BCUT2D eigenvalue weighted by Crippen LogP contribution is 2.36. The molecule has 0 aromatic heterocycles. The second-order valence-electron chi connectivity index (χ2n) is 8.63. The second-order valence-corrected chi connectivity index (χ2v) is 10.0. The lowest BCUT2D eigenvalue weighted by Gasteiger charge is -2.14. The van der Waals surface area contributed by atoms with Crippen LogP contribution in [0.2, 0.25) is 5.02 Å². The van der Waals surface area contributed by atoms with Gasteiger partial charge >= 0.3 is 12.1 Å². The second kappa shape index (κ2) is 17.3. The zero-order valence-corrected chi connectivity index (χ0v) is 23.2. The third kappa shape index (κ3) is 11.2. The number of carboxylic acid groups (broad SMARTS) is 1. The van der Waals surface area contributed by atoms with Crippen molar-refractivity contribution in [3.05, 3.63) is 99.3 Å². The van der Waals surface area contributed by atoms with E-state index in [0.29, 0.717) is 18.4 Å². The van der Waals surface area contributed by atoms with Crippen molar-refractivity contribution < 1.29 is 28.7 Å². The first-order valence-electron chi connectivity index (χ1n) is 12.5. The Labute approximate surface area is 237 Å². The summed E-state index contributed by atoms with van der Waals surface area (Å²) in [6.07, 6.45) is 3.54. The maximum Gasteiger partial charge on any atom is 0.373 e. The van der Waals surface area contributed by atoms with Crippen molar-refractivity contribution in [1.82, 2.24) is 5.32 Å². The summed E-state index contributed by atoms with van der Waals surface area (Å²) >= 11 is 8.31. The van der Waals surface area contributed by atoms with Crippen LogP contribution in [-0.2, 0) is 39.4 Å². The molecule has 4 rings (SSSR count). The minimum absolute atomic E-state index is 0.104. The van der Waals surface area contributed by atoms with Crippen LogP contribution in [0.25, 0.3) is 0 Å². The van der Waals surface area contributed by atoms with E-state index in [1.807, 2.05) is 30.3 Å². The molecule has 0 atom stereocenters. The molecule has 3 aromatic rings. The van der Waals surface area contributed by atoms with Gasteiger partial charge in [0.1, 0.15) is 5.82 Å². The van der Waals surface area contributed by atoms with Gasteiger partial charge in [0.05, 0.1) is 5.02 Å². The number of fused-ring (bicyclic) bond motifs is 1. The van der Waals surface area contributed by atoms with Gasteiger partial charge in [0, 0.05) is 29.1 Å². The van der Waals surface area contributed by atoms with E-state index in [-0.39, 0.29) is 24.2 Å². The molecule has 0 bridgehead atoms. The molecular formula is C30H31ClFNO5S. The van der Waals surface area contributed by atoms with E-state index in [9.17, 15) is 14.0 Å². The first kappa shape index (κ1) is 31.9. The van der Waals surface area contributed by atoms with Crippen LogP contribution in [0.5, 0.6) is 0 Å². The number of carbonyl (C=O) groups excluding carboxylic acids is 3. The van der Waals surface area contributed by atoms with E-state index in [0.717, 1.165) is 42.3 Å². The lowest BCUT2D eigenvalue weighted by Crippen LogP contribution is -2.16. The Morgan fingerprint density at radius 1 is 0.974 bits per heavy atom. The van der Waals surface area contributed by atoms with Crippen LogP contribution in [0.4, 0.5) is 4.39 Å². The van der Waals surface area contributed by atoms with Gasteiger partial charge in [-0.1, -0.05) is 61.0 Å². The van der Waals surface area contributed by atoms with Crippen LogP contribution in [0, 0.1) is 5.82 Å². The number of rotatable bonds is 8. The molecule has 0 spiro atoms. The Kier molecular flexibility index (Phi) is 14.2. The van der Waals surface area contributed by atoms with Crippen molar-refractivity contribution in [2.24, 2.45) is 0 Å². The summed E-state index contributed by atoms with van der Waals surface area (Å²) < 4.78 is 13.0. The monoisotopic (exact) mass is 571 g/mol. The minimum Gasteiger partial charge on any atom is -0.481 e. The van der Waals surface area contributed by atoms with E-state index in [1.54, 1.807) is 30.8 Å². The molecule has 0 saturated heterocycles. The summed E-state index contributed by atoms with van der Waals surface area (Å²) in [5, 5.41) is 12.0. The van der Waals surface area contributed by atoms with Crippen LogP contribution in [0.1, 0.15) is 52.4 Å². The van der Waals surface area contributed by atoms with Crippen molar-refractivity contribution in [3.8, 4) is 0 Å². The summed E-state index contributed by atoms with van der Waals surface area (Å²) in [4.78, 5) is 39.3. The number of hydrogen-bond acceptors (Lipinski definition) is 6.